The molecule has 0 fully saturated rings. The van der Waals surface area contributed by atoms with Crippen LogP contribution in [0.4, 0.5) is 0 Å². The smallest absolute Gasteiger partial charge is 0.164 e. The fourth-order valence-electron chi connectivity index (χ4n) is 1.94. The number of hydrogen-bond acceptors (Lipinski definition) is 1. The van der Waals surface area contributed by atoms with Gasteiger partial charge in [0.15, 0.2) is 7.85 Å². The molecule has 0 spiro atoms. The number of hydrogen-bond donors (Lipinski definition) is 0. The molecular weight excluding hydrogens is 192 g/mol. The molecule has 0 atom stereocenters. The van der Waals surface area contributed by atoms with Crippen LogP contribution in [0.2, 0.25) is 0 Å². The molecule has 0 N–H and O–H groups in total. The van der Waals surface area contributed by atoms with Gasteiger partial charge in [-0.25, -0.2) is 0 Å². The standard InChI is InChI=1S/C13H15B2N/c1-8-9(2)13(15)16-12(11(8)14)10-6-4-3-5-7-10/h3-7H,14-15H2,1-2H3. The molecule has 78 valence electrons. The van der Waals surface area contributed by atoms with Crippen molar-refractivity contribution in [2.75, 3.05) is 0 Å². The molecule has 0 aliphatic heterocycles. The van der Waals surface area contributed by atoms with E-state index in [-0.39, 0.29) is 0 Å². The summed E-state index contributed by atoms with van der Waals surface area (Å²) in [6, 6.07) is 10.4. The van der Waals surface area contributed by atoms with Gasteiger partial charge in [-0.1, -0.05) is 41.4 Å². The first kappa shape index (κ1) is 11.0. The largest absolute Gasteiger partial charge is 0.264 e. The van der Waals surface area contributed by atoms with Gasteiger partial charge in [0.25, 0.3) is 0 Å². The highest BCUT2D eigenvalue weighted by Crippen LogP contribution is 2.14. The lowest BCUT2D eigenvalue weighted by molar-refractivity contribution is 1.29. The molecule has 1 nitrogen and oxygen atoms in total. The third kappa shape index (κ3) is 1.78. The zero-order valence-electron chi connectivity index (χ0n) is 10.3. The average molecular weight is 207 g/mol. The second-order valence-electron chi connectivity index (χ2n) is 4.29. The zero-order chi connectivity index (χ0) is 11.7. The monoisotopic (exact) mass is 207 g/mol. The molecule has 0 radical (unpaired) electrons. The third-order valence-electron chi connectivity index (χ3n) is 3.35. The van der Waals surface area contributed by atoms with Gasteiger partial charge in [-0.05, 0) is 30.6 Å². The van der Waals surface area contributed by atoms with E-state index in [9.17, 15) is 0 Å². The summed E-state index contributed by atoms with van der Waals surface area (Å²) in [4.78, 5) is 4.70. The van der Waals surface area contributed by atoms with E-state index in [0.29, 0.717) is 0 Å². The molecule has 0 aliphatic carbocycles. The Morgan fingerprint density at radius 2 is 1.56 bits per heavy atom. The second kappa shape index (κ2) is 4.17. The van der Waals surface area contributed by atoms with Gasteiger partial charge >= 0.3 is 0 Å². The molecule has 0 unspecified atom stereocenters. The van der Waals surface area contributed by atoms with Gasteiger partial charge in [0, 0.05) is 0 Å². The van der Waals surface area contributed by atoms with Crippen LogP contribution < -0.4 is 11.1 Å². The molecule has 0 amide bonds. The minimum atomic E-state index is 1.11. The van der Waals surface area contributed by atoms with Crippen molar-refractivity contribution in [2.45, 2.75) is 13.8 Å². The van der Waals surface area contributed by atoms with Crippen molar-refractivity contribution >= 4 is 26.7 Å². The molecule has 0 bridgehead atoms. The van der Waals surface area contributed by atoms with Crippen LogP contribution in [0.5, 0.6) is 0 Å². The molecular formula is C13H15B2N. The first-order valence-electron chi connectivity index (χ1n) is 5.61. The van der Waals surface area contributed by atoms with Crippen molar-refractivity contribution in [3.8, 4) is 11.3 Å². The van der Waals surface area contributed by atoms with Gasteiger partial charge in [-0.2, -0.15) is 0 Å². The minimum Gasteiger partial charge on any atom is -0.264 e. The summed E-state index contributed by atoms with van der Waals surface area (Å²) in [6.07, 6.45) is 0. The highest BCUT2D eigenvalue weighted by atomic mass is 14.7. The van der Waals surface area contributed by atoms with Crippen molar-refractivity contribution in [2.24, 2.45) is 0 Å². The van der Waals surface area contributed by atoms with Crippen LogP contribution in [0.25, 0.3) is 11.3 Å². The summed E-state index contributed by atoms with van der Waals surface area (Å²) in [5.74, 6) is 0. The van der Waals surface area contributed by atoms with Crippen LogP contribution in [-0.4, -0.2) is 20.7 Å². The summed E-state index contributed by atoms with van der Waals surface area (Å²) in [5, 5.41) is 0. The lowest BCUT2D eigenvalue weighted by atomic mass is 9.82. The predicted molar refractivity (Wildman–Crippen MR) is 75.5 cm³/mol. The fraction of sp³-hybridized carbons (Fsp3) is 0.154. The van der Waals surface area contributed by atoms with Gasteiger partial charge in [0.05, 0.1) is 5.69 Å². The number of nitrogens with zero attached hydrogens (tertiary/aromatic N) is 1. The lowest BCUT2D eigenvalue weighted by Gasteiger charge is -2.13. The molecule has 16 heavy (non-hydrogen) atoms. The van der Waals surface area contributed by atoms with Gasteiger partial charge in [0.2, 0.25) is 0 Å². The Balaban J connectivity index is 2.68. The molecule has 2 aromatic rings. The molecule has 1 aromatic carbocycles. The maximum atomic E-state index is 4.70. The number of pyridine rings is 1. The Labute approximate surface area is 98.7 Å². The van der Waals surface area contributed by atoms with Crippen LogP contribution >= 0.6 is 0 Å². The number of benzene rings is 1. The Morgan fingerprint density at radius 1 is 0.938 bits per heavy atom. The van der Waals surface area contributed by atoms with E-state index in [1.807, 2.05) is 6.07 Å². The Morgan fingerprint density at radius 3 is 2.19 bits per heavy atom. The average Bonchev–Trinajstić information content (AvgIpc) is 2.32. The third-order valence-corrected chi connectivity index (χ3v) is 3.35. The quantitative estimate of drug-likeness (QED) is 0.594. The van der Waals surface area contributed by atoms with Crippen LogP contribution in [0, 0.1) is 13.8 Å². The summed E-state index contributed by atoms with van der Waals surface area (Å²) in [7, 11) is 4.23. The maximum Gasteiger partial charge on any atom is 0.164 e. The number of aromatic nitrogens is 1. The van der Waals surface area contributed by atoms with Gasteiger partial charge in [-0.15, -0.1) is 0 Å². The van der Waals surface area contributed by atoms with E-state index in [1.54, 1.807) is 0 Å². The SMILES string of the molecule is Bc1nc(-c2ccccc2)c(B)c(C)c1C. The van der Waals surface area contributed by atoms with Crippen molar-refractivity contribution in [1.82, 2.24) is 4.98 Å². The van der Waals surface area contributed by atoms with Crippen molar-refractivity contribution in [3.05, 3.63) is 41.5 Å². The Kier molecular flexibility index (Phi) is 2.86. The molecule has 0 saturated carbocycles. The lowest BCUT2D eigenvalue weighted by Crippen LogP contribution is -2.25. The first-order chi connectivity index (χ1) is 7.61. The molecule has 0 saturated heterocycles. The highest BCUT2D eigenvalue weighted by Gasteiger charge is 2.09. The van der Waals surface area contributed by atoms with Crippen molar-refractivity contribution < 1.29 is 0 Å². The summed E-state index contributed by atoms with van der Waals surface area (Å²) in [5.41, 5.74) is 7.38. The van der Waals surface area contributed by atoms with Gasteiger partial charge < -0.3 is 0 Å². The van der Waals surface area contributed by atoms with Crippen LogP contribution in [0.1, 0.15) is 11.1 Å². The van der Waals surface area contributed by atoms with Crippen LogP contribution in [0.15, 0.2) is 30.3 Å². The van der Waals surface area contributed by atoms with E-state index in [2.05, 4.69) is 53.8 Å². The van der Waals surface area contributed by atoms with Crippen LogP contribution in [0.3, 0.4) is 0 Å². The minimum absolute atomic E-state index is 1.11. The second-order valence-corrected chi connectivity index (χ2v) is 4.29. The maximum absolute atomic E-state index is 4.70. The highest BCUT2D eigenvalue weighted by molar-refractivity contribution is 6.38. The normalized spacial score (nSPS) is 10.4. The van der Waals surface area contributed by atoms with Gasteiger partial charge in [-0.3, -0.25) is 4.98 Å². The Bertz CT molecular complexity index is 521. The topological polar surface area (TPSA) is 12.9 Å². The van der Waals surface area contributed by atoms with E-state index in [4.69, 9.17) is 4.98 Å². The number of rotatable bonds is 1. The molecule has 2 rings (SSSR count). The van der Waals surface area contributed by atoms with Gasteiger partial charge in [0.1, 0.15) is 7.85 Å². The van der Waals surface area contributed by atoms with Crippen LogP contribution in [-0.2, 0) is 0 Å². The van der Waals surface area contributed by atoms with E-state index in [1.165, 1.54) is 22.2 Å². The predicted octanol–water partition coefficient (Wildman–Crippen LogP) is -0.118. The molecule has 1 heterocycles. The van der Waals surface area contributed by atoms with Crippen molar-refractivity contribution in [1.29, 1.82) is 0 Å². The summed E-state index contributed by atoms with van der Waals surface area (Å²) >= 11 is 0. The zero-order valence-corrected chi connectivity index (χ0v) is 10.3. The summed E-state index contributed by atoms with van der Waals surface area (Å²) < 4.78 is 0. The Hall–Kier alpha value is -1.50. The first-order valence-corrected chi connectivity index (χ1v) is 5.61. The van der Waals surface area contributed by atoms with E-state index >= 15 is 0 Å². The van der Waals surface area contributed by atoms with E-state index < -0.39 is 0 Å². The van der Waals surface area contributed by atoms with E-state index in [0.717, 1.165) is 11.3 Å². The molecule has 1 aromatic heterocycles. The van der Waals surface area contributed by atoms with Crippen molar-refractivity contribution in [3.63, 3.8) is 0 Å². The summed E-state index contributed by atoms with van der Waals surface area (Å²) in [6.45, 7) is 4.31. The molecule has 3 heteroatoms. The fourth-order valence-corrected chi connectivity index (χ4v) is 1.94. The molecule has 0 aliphatic rings.